The van der Waals surface area contributed by atoms with Crippen LogP contribution in [0.4, 0.5) is 15.9 Å². The summed E-state index contributed by atoms with van der Waals surface area (Å²) in [5.74, 6) is 0.981. The molecule has 4 rings (SSSR count). The van der Waals surface area contributed by atoms with Crippen molar-refractivity contribution in [3.63, 3.8) is 0 Å². The normalized spacial score (nSPS) is 17.2. The van der Waals surface area contributed by atoms with Gasteiger partial charge in [0.25, 0.3) is 11.8 Å². The number of hydrogen-bond donors (Lipinski definition) is 1. The van der Waals surface area contributed by atoms with E-state index in [0.717, 1.165) is 23.1 Å². The van der Waals surface area contributed by atoms with Gasteiger partial charge in [0.2, 0.25) is 0 Å². The van der Waals surface area contributed by atoms with Gasteiger partial charge in [-0.3, -0.25) is 5.32 Å². The zero-order valence-corrected chi connectivity index (χ0v) is 14.8. The van der Waals surface area contributed by atoms with Crippen LogP contribution in [0.3, 0.4) is 0 Å². The quantitative estimate of drug-likeness (QED) is 0.774. The van der Waals surface area contributed by atoms with E-state index in [1.54, 1.807) is 9.80 Å². The number of likely N-dealkylation sites (tertiary alicyclic amines) is 1. The summed E-state index contributed by atoms with van der Waals surface area (Å²) in [5, 5.41) is 7.43. The Balaban J connectivity index is 1.51. The third-order valence-corrected chi connectivity index (χ3v) is 5.09. The molecule has 2 amide bonds. The van der Waals surface area contributed by atoms with Crippen molar-refractivity contribution in [3.8, 4) is 0 Å². The van der Waals surface area contributed by atoms with E-state index < -0.39 is 0 Å². The van der Waals surface area contributed by atoms with Gasteiger partial charge >= 0.3 is 6.03 Å². The number of carbonyl (C=O) groups excluding carboxylic acids is 1. The highest BCUT2D eigenvalue weighted by Crippen LogP contribution is 2.33. The number of para-hydroxylation sites is 1. The van der Waals surface area contributed by atoms with E-state index in [4.69, 9.17) is 4.52 Å². The van der Waals surface area contributed by atoms with Gasteiger partial charge in [0.05, 0.1) is 10.2 Å². The minimum absolute atomic E-state index is 0.189. The highest BCUT2D eigenvalue weighted by atomic mass is 32.1. The first kappa shape index (κ1) is 15.8. The molecule has 9 heteroatoms. The number of urea groups is 1. The highest BCUT2D eigenvalue weighted by Gasteiger charge is 2.34. The van der Waals surface area contributed by atoms with Gasteiger partial charge in [0.1, 0.15) is 6.04 Å². The fraction of sp³-hybridized carbons (Fsp3) is 0.375. The van der Waals surface area contributed by atoms with Crippen molar-refractivity contribution in [2.24, 2.45) is 0 Å². The van der Waals surface area contributed by atoms with Gasteiger partial charge in [-0.25, -0.2) is 9.78 Å². The average Bonchev–Trinajstić information content (AvgIpc) is 3.32. The lowest BCUT2D eigenvalue weighted by molar-refractivity contribution is 0.193. The maximum atomic E-state index is 12.7. The van der Waals surface area contributed by atoms with Crippen LogP contribution in [0.15, 0.2) is 28.8 Å². The van der Waals surface area contributed by atoms with E-state index in [9.17, 15) is 4.79 Å². The summed E-state index contributed by atoms with van der Waals surface area (Å²) in [7, 11) is 3.70. The van der Waals surface area contributed by atoms with Crippen molar-refractivity contribution in [2.45, 2.75) is 18.9 Å². The molecule has 2 aromatic heterocycles. The minimum Gasteiger partial charge on any atom is -0.344 e. The first-order valence-electron chi connectivity index (χ1n) is 8.06. The van der Waals surface area contributed by atoms with E-state index in [1.165, 1.54) is 11.3 Å². The Morgan fingerprint density at radius 2 is 2.20 bits per heavy atom. The first-order valence-corrected chi connectivity index (χ1v) is 8.87. The Morgan fingerprint density at radius 1 is 1.36 bits per heavy atom. The standard InChI is InChI=1S/C16H18N6O2S/c1-21(2)14-18-13(24-20-14)11-7-5-9-22(11)16(23)19-15-17-10-6-3-4-8-12(10)25-15/h3-4,6,8,11H,5,7,9H2,1-2H3,(H,17,19,23)/t11-/m0/s1. The third kappa shape index (κ3) is 3.02. The molecule has 0 unspecified atom stereocenters. The number of hydrogen-bond acceptors (Lipinski definition) is 7. The summed E-state index contributed by atoms with van der Waals surface area (Å²) in [6, 6.07) is 7.42. The molecule has 1 N–H and O–H groups in total. The molecule has 0 saturated carbocycles. The summed E-state index contributed by atoms with van der Waals surface area (Å²) in [6.45, 7) is 0.654. The Bertz CT molecular complexity index is 872. The second-order valence-corrected chi connectivity index (χ2v) is 7.13. The molecule has 3 heterocycles. The van der Waals surface area contributed by atoms with Crippen molar-refractivity contribution in [1.29, 1.82) is 0 Å². The minimum atomic E-state index is -0.199. The lowest BCUT2D eigenvalue weighted by atomic mass is 10.2. The van der Waals surface area contributed by atoms with E-state index in [2.05, 4.69) is 20.4 Å². The Hall–Kier alpha value is -2.68. The Kier molecular flexibility index (Phi) is 4.00. The number of carbonyl (C=O) groups is 1. The monoisotopic (exact) mass is 358 g/mol. The molecule has 0 bridgehead atoms. The lowest BCUT2D eigenvalue weighted by Gasteiger charge is -2.21. The van der Waals surface area contributed by atoms with Crippen LogP contribution < -0.4 is 10.2 Å². The summed E-state index contributed by atoms with van der Waals surface area (Å²) >= 11 is 1.46. The van der Waals surface area contributed by atoms with Crippen LogP contribution in [0.5, 0.6) is 0 Å². The maximum absolute atomic E-state index is 12.7. The number of nitrogens with zero attached hydrogens (tertiary/aromatic N) is 5. The van der Waals surface area contributed by atoms with Crippen molar-refractivity contribution in [3.05, 3.63) is 30.2 Å². The first-order chi connectivity index (χ1) is 12.1. The zero-order valence-electron chi connectivity index (χ0n) is 14.0. The summed E-state index contributed by atoms with van der Waals surface area (Å²) in [6.07, 6.45) is 1.71. The van der Waals surface area contributed by atoms with Crippen LogP contribution in [0.2, 0.25) is 0 Å². The summed E-state index contributed by atoms with van der Waals surface area (Å²) in [5.41, 5.74) is 0.883. The highest BCUT2D eigenvalue weighted by molar-refractivity contribution is 7.22. The molecule has 1 aliphatic rings. The van der Waals surface area contributed by atoms with Crippen LogP contribution in [-0.4, -0.2) is 46.7 Å². The summed E-state index contributed by atoms with van der Waals surface area (Å²) in [4.78, 5) is 25.0. The number of rotatable bonds is 3. The number of benzene rings is 1. The topological polar surface area (TPSA) is 87.4 Å². The van der Waals surface area contributed by atoms with Crippen molar-refractivity contribution >= 4 is 38.7 Å². The fourth-order valence-electron chi connectivity index (χ4n) is 2.90. The smallest absolute Gasteiger partial charge is 0.324 e. The van der Waals surface area contributed by atoms with Crippen molar-refractivity contribution in [1.82, 2.24) is 20.0 Å². The molecule has 0 spiro atoms. The molecular weight excluding hydrogens is 340 g/mol. The van der Waals surface area contributed by atoms with E-state index in [0.29, 0.717) is 23.5 Å². The number of fused-ring (bicyclic) bond motifs is 1. The Labute approximate surface area is 148 Å². The number of aromatic nitrogens is 3. The zero-order chi connectivity index (χ0) is 17.4. The maximum Gasteiger partial charge on any atom is 0.324 e. The van der Waals surface area contributed by atoms with Crippen LogP contribution in [0, 0.1) is 0 Å². The third-order valence-electron chi connectivity index (χ3n) is 4.14. The molecule has 1 aliphatic heterocycles. The number of thiazole rings is 1. The van der Waals surface area contributed by atoms with Gasteiger partial charge in [-0.15, -0.1) is 0 Å². The van der Waals surface area contributed by atoms with Crippen LogP contribution in [0.25, 0.3) is 10.2 Å². The molecule has 3 aromatic rings. The summed E-state index contributed by atoms with van der Waals surface area (Å²) < 4.78 is 6.40. The molecule has 1 aromatic carbocycles. The molecule has 0 radical (unpaired) electrons. The molecule has 1 fully saturated rings. The van der Waals surface area contributed by atoms with Gasteiger partial charge in [-0.05, 0) is 30.1 Å². The largest absolute Gasteiger partial charge is 0.344 e. The SMILES string of the molecule is CN(C)c1noc([C@@H]2CCCN2C(=O)Nc2nc3ccccc3s2)n1. The second-order valence-electron chi connectivity index (χ2n) is 6.10. The number of anilines is 2. The van der Waals surface area contributed by atoms with Crippen molar-refractivity contribution in [2.75, 3.05) is 30.9 Å². The molecule has 8 nitrogen and oxygen atoms in total. The van der Waals surface area contributed by atoms with Gasteiger partial charge in [0.15, 0.2) is 5.13 Å². The predicted octanol–water partition coefficient (Wildman–Crippen LogP) is 3.11. The second kappa shape index (κ2) is 6.32. The molecule has 130 valence electrons. The van der Waals surface area contributed by atoms with Crippen LogP contribution >= 0.6 is 11.3 Å². The van der Waals surface area contributed by atoms with E-state index >= 15 is 0 Å². The molecule has 1 atom stereocenters. The Morgan fingerprint density at radius 3 is 2.96 bits per heavy atom. The van der Waals surface area contributed by atoms with E-state index in [-0.39, 0.29) is 12.1 Å². The van der Waals surface area contributed by atoms with Gasteiger partial charge in [-0.2, -0.15) is 4.98 Å². The molecule has 25 heavy (non-hydrogen) atoms. The van der Waals surface area contributed by atoms with Gasteiger partial charge in [-0.1, -0.05) is 23.5 Å². The van der Waals surface area contributed by atoms with E-state index in [1.807, 2.05) is 38.4 Å². The fourth-order valence-corrected chi connectivity index (χ4v) is 3.75. The van der Waals surface area contributed by atoms with Gasteiger partial charge in [0, 0.05) is 20.6 Å². The molecule has 0 aliphatic carbocycles. The predicted molar refractivity (Wildman–Crippen MR) is 95.9 cm³/mol. The van der Waals surface area contributed by atoms with Gasteiger partial charge < -0.3 is 14.3 Å². The number of nitrogens with one attached hydrogen (secondary N) is 1. The average molecular weight is 358 g/mol. The van der Waals surface area contributed by atoms with Crippen LogP contribution in [-0.2, 0) is 0 Å². The molecule has 1 saturated heterocycles. The molecular formula is C16H18N6O2S. The number of amides is 2. The van der Waals surface area contributed by atoms with Crippen molar-refractivity contribution < 1.29 is 9.32 Å². The lowest BCUT2D eigenvalue weighted by Crippen LogP contribution is -2.34. The van der Waals surface area contributed by atoms with Crippen LogP contribution in [0.1, 0.15) is 24.8 Å².